The van der Waals surface area contributed by atoms with Gasteiger partial charge in [0.25, 0.3) is 0 Å². The molecule has 3 aromatic rings. The van der Waals surface area contributed by atoms with Crippen molar-refractivity contribution in [3.63, 3.8) is 0 Å². The Kier molecular flexibility index (Phi) is 5.37. The summed E-state index contributed by atoms with van der Waals surface area (Å²) in [7, 11) is 1.51. The summed E-state index contributed by atoms with van der Waals surface area (Å²) in [4.78, 5) is 23.1. The number of hydrogen-bond donors (Lipinski definition) is 1. The Morgan fingerprint density at radius 1 is 1.21 bits per heavy atom. The zero-order valence-electron chi connectivity index (χ0n) is 14.9. The number of aryl methyl sites for hydroxylation is 1. The van der Waals surface area contributed by atoms with Gasteiger partial charge in [0.2, 0.25) is 5.28 Å². The molecule has 0 bridgehead atoms. The molecule has 6 nitrogen and oxygen atoms in total. The van der Waals surface area contributed by atoms with Crippen molar-refractivity contribution in [2.45, 2.75) is 19.6 Å². The number of rotatable bonds is 5. The summed E-state index contributed by atoms with van der Waals surface area (Å²) in [6, 6.07) is 6.86. The molecule has 0 fully saturated rings. The maximum absolute atomic E-state index is 12.8. The second-order valence-electron chi connectivity index (χ2n) is 6.07. The average molecular weight is 410 g/mol. The summed E-state index contributed by atoms with van der Waals surface area (Å²) in [6.45, 7) is 1.73. The molecule has 0 amide bonds. The lowest BCUT2D eigenvalue weighted by Gasteiger charge is -2.10. The monoisotopic (exact) mass is 409 g/mol. The van der Waals surface area contributed by atoms with E-state index in [9.17, 15) is 18.0 Å². The van der Waals surface area contributed by atoms with Gasteiger partial charge in [-0.05, 0) is 24.1 Å². The van der Waals surface area contributed by atoms with Crippen LogP contribution in [0.3, 0.4) is 0 Å². The SMILES string of the molecule is CC(=O)c1cnc(Cl)nc1NCc1ccc(-c2nc(C(F)(F)F)cn2C)cc1. The molecule has 1 aromatic carbocycles. The summed E-state index contributed by atoms with van der Waals surface area (Å²) in [5, 5.41) is 3.03. The van der Waals surface area contributed by atoms with E-state index in [4.69, 9.17) is 11.6 Å². The molecule has 0 saturated heterocycles. The van der Waals surface area contributed by atoms with E-state index >= 15 is 0 Å². The van der Waals surface area contributed by atoms with Crippen LogP contribution in [-0.2, 0) is 19.8 Å². The van der Waals surface area contributed by atoms with Gasteiger partial charge in [-0.2, -0.15) is 13.2 Å². The lowest BCUT2D eigenvalue weighted by Crippen LogP contribution is -2.08. The van der Waals surface area contributed by atoms with Crippen molar-refractivity contribution in [3.8, 4) is 11.4 Å². The van der Waals surface area contributed by atoms with Gasteiger partial charge >= 0.3 is 6.18 Å². The molecule has 0 aliphatic heterocycles. The van der Waals surface area contributed by atoms with Crippen LogP contribution in [-0.4, -0.2) is 25.3 Å². The van der Waals surface area contributed by atoms with Crippen LogP contribution in [0.1, 0.15) is 28.5 Å². The van der Waals surface area contributed by atoms with Gasteiger partial charge in [-0.1, -0.05) is 24.3 Å². The van der Waals surface area contributed by atoms with Crippen LogP contribution in [0.5, 0.6) is 0 Å². The molecule has 28 heavy (non-hydrogen) atoms. The highest BCUT2D eigenvalue weighted by Crippen LogP contribution is 2.30. The number of alkyl halides is 3. The molecule has 0 spiro atoms. The van der Waals surface area contributed by atoms with Crippen molar-refractivity contribution in [1.82, 2.24) is 19.5 Å². The molecule has 146 valence electrons. The van der Waals surface area contributed by atoms with Crippen LogP contribution in [0, 0.1) is 0 Å². The minimum absolute atomic E-state index is 0.0121. The second kappa shape index (κ2) is 7.59. The Balaban J connectivity index is 1.77. The fraction of sp³-hybridized carbons (Fsp3) is 0.222. The number of ketones is 1. The smallest absolute Gasteiger partial charge is 0.365 e. The fourth-order valence-corrected chi connectivity index (χ4v) is 2.71. The minimum Gasteiger partial charge on any atom is -0.365 e. The van der Waals surface area contributed by atoms with Crippen LogP contribution >= 0.6 is 11.6 Å². The van der Waals surface area contributed by atoms with E-state index in [-0.39, 0.29) is 16.9 Å². The fourth-order valence-electron chi connectivity index (χ4n) is 2.58. The van der Waals surface area contributed by atoms with Crippen molar-refractivity contribution in [1.29, 1.82) is 0 Å². The minimum atomic E-state index is -4.49. The molecule has 0 aliphatic carbocycles. The number of hydrogen-bond acceptors (Lipinski definition) is 5. The van der Waals surface area contributed by atoms with Crippen molar-refractivity contribution in [2.24, 2.45) is 7.05 Å². The van der Waals surface area contributed by atoms with Gasteiger partial charge in [-0.15, -0.1) is 0 Å². The first-order valence-corrected chi connectivity index (χ1v) is 8.50. The number of anilines is 1. The zero-order chi connectivity index (χ0) is 20.5. The number of aromatic nitrogens is 4. The average Bonchev–Trinajstić information content (AvgIpc) is 3.02. The molecule has 0 atom stereocenters. The van der Waals surface area contributed by atoms with Gasteiger partial charge in [0.1, 0.15) is 11.6 Å². The quantitative estimate of drug-likeness (QED) is 0.500. The van der Waals surface area contributed by atoms with E-state index in [2.05, 4.69) is 20.3 Å². The molecule has 3 rings (SSSR count). The molecule has 1 N–H and O–H groups in total. The third kappa shape index (κ3) is 4.30. The first-order chi connectivity index (χ1) is 13.1. The van der Waals surface area contributed by atoms with Crippen molar-refractivity contribution in [2.75, 3.05) is 5.32 Å². The molecule has 2 heterocycles. The number of benzene rings is 1. The van der Waals surface area contributed by atoms with Gasteiger partial charge in [-0.3, -0.25) is 4.79 Å². The third-order valence-electron chi connectivity index (χ3n) is 3.98. The first-order valence-electron chi connectivity index (χ1n) is 8.12. The van der Waals surface area contributed by atoms with Crippen LogP contribution in [0.2, 0.25) is 5.28 Å². The summed E-state index contributed by atoms with van der Waals surface area (Å²) in [5.41, 5.74) is 0.761. The lowest BCUT2D eigenvalue weighted by atomic mass is 10.1. The normalized spacial score (nSPS) is 11.5. The van der Waals surface area contributed by atoms with Crippen molar-refractivity contribution >= 4 is 23.2 Å². The predicted octanol–water partition coefficient (Wildman–Crippen LogP) is 4.36. The Morgan fingerprint density at radius 3 is 2.46 bits per heavy atom. The van der Waals surface area contributed by atoms with Crippen LogP contribution in [0.4, 0.5) is 19.0 Å². The lowest BCUT2D eigenvalue weighted by molar-refractivity contribution is -0.140. The zero-order valence-corrected chi connectivity index (χ0v) is 15.6. The summed E-state index contributed by atoms with van der Waals surface area (Å²) >= 11 is 5.78. The Bertz CT molecular complexity index is 1020. The van der Waals surface area contributed by atoms with E-state index < -0.39 is 11.9 Å². The highest BCUT2D eigenvalue weighted by Gasteiger charge is 2.34. The number of imidazole rings is 1. The molecular formula is C18H15ClF3N5O. The van der Waals surface area contributed by atoms with Crippen LogP contribution in [0.15, 0.2) is 36.7 Å². The van der Waals surface area contributed by atoms with E-state index in [1.807, 2.05) is 0 Å². The van der Waals surface area contributed by atoms with Crippen molar-refractivity contribution < 1.29 is 18.0 Å². The second-order valence-corrected chi connectivity index (χ2v) is 6.40. The molecule has 0 aliphatic rings. The van der Waals surface area contributed by atoms with Gasteiger partial charge in [0.15, 0.2) is 11.5 Å². The number of halogens is 4. The highest BCUT2D eigenvalue weighted by atomic mass is 35.5. The van der Waals surface area contributed by atoms with Gasteiger partial charge in [0, 0.05) is 31.5 Å². The number of carbonyl (C=O) groups excluding carboxylic acids is 1. The third-order valence-corrected chi connectivity index (χ3v) is 4.16. The van der Waals surface area contributed by atoms with Crippen molar-refractivity contribution in [3.05, 3.63) is 58.8 Å². The molecular weight excluding hydrogens is 395 g/mol. The number of nitrogens with zero attached hydrogens (tertiary/aromatic N) is 4. The van der Waals surface area contributed by atoms with E-state index in [0.717, 1.165) is 11.8 Å². The predicted molar refractivity (Wildman–Crippen MR) is 98.0 cm³/mol. The van der Waals surface area contributed by atoms with Crippen LogP contribution in [0.25, 0.3) is 11.4 Å². The van der Waals surface area contributed by atoms with Gasteiger partial charge in [0.05, 0.1) is 5.56 Å². The van der Waals surface area contributed by atoms with E-state index in [1.165, 1.54) is 24.7 Å². The van der Waals surface area contributed by atoms with Gasteiger partial charge < -0.3 is 9.88 Å². The van der Waals surface area contributed by atoms with Crippen LogP contribution < -0.4 is 5.32 Å². The topological polar surface area (TPSA) is 72.7 Å². The molecule has 0 radical (unpaired) electrons. The Hall–Kier alpha value is -2.94. The number of nitrogens with one attached hydrogen (secondary N) is 1. The number of Topliss-reactive ketones (excluding diaryl/α,β-unsaturated/α-hetero) is 1. The maximum atomic E-state index is 12.8. The molecule has 0 saturated carbocycles. The molecule has 2 aromatic heterocycles. The standard InChI is InChI=1S/C18H15ClF3N5O/c1-10(28)13-8-24-17(19)26-15(13)23-7-11-3-5-12(6-4-11)16-25-14(9-27(16)2)18(20,21)22/h3-6,8-9H,7H2,1-2H3,(H,23,24,26). The maximum Gasteiger partial charge on any atom is 0.434 e. The summed E-state index contributed by atoms with van der Waals surface area (Å²) in [6.07, 6.45) is -2.19. The summed E-state index contributed by atoms with van der Waals surface area (Å²) in [5.74, 6) is 0.327. The van der Waals surface area contributed by atoms with E-state index in [0.29, 0.717) is 23.5 Å². The Labute approximate surface area is 163 Å². The Morgan fingerprint density at radius 2 is 1.89 bits per heavy atom. The summed E-state index contributed by atoms with van der Waals surface area (Å²) < 4.78 is 39.8. The van der Waals surface area contributed by atoms with Gasteiger partial charge in [-0.25, -0.2) is 15.0 Å². The van der Waals surface area contributed by atoms with E-state index in [1.54, 1.807) is 24.3 Å². The molecule has 0 unspecified atom stereocenters. The largest absolute Gasteiger partial charge is 0.434 e. The first kappa shape index (κ1) is 19.8. The number of carbonyl (C=O) groups is 1. The molecule has 10 heteroatoms. The highest BCUT2D eigenvalue weighted by molar-refractivity contribution is 6.28.